The number of aldehydes is 1. The second-order valence-electron chi connectivity index (χ2n) is 7.05. The lowest BCUT2D eigenvalue weighted by Gasteiger charge is -2.19. The molecule has 0 spiro atoms. The number of fused-ring (bicyclic) bond motifs is 1. The summed E-state index contributed by atoms with van der Waals surface area (Å²) in [6, 6.07) is 11.0. The Labute approximate surface area is 169 Å². The Hall–Kier alpha value is -3.45. The molecule has 4 rings (SSSR count). The summed E-state index contributed by atoms with van der Waals surface area (Å²) in [6.45, 7) is 5.62. The van der Waals surface area contributed by atoms with Crippen molar-refractivity contribution in [2.75, 3.05) is 11.9 Å². The van der Waals surface area contributed by atoms with Crippen LogP contribution in [0.3, 0.4) is 0 Å². The van der Waals surface area contributed by atoms with Gasteiger partial charge in [0.25, 0.3) is 0 Å². The molecule has 0 atom stereocenters. The van der Waals surface area contributed by atoms with Crippen LogP contribution in [-0.4, -0.2) is 34.2 Å². The maximum Gasteiger partial charge on any atom is 0.242 e. The van der Waals surface area contributed by atoms with E-state index in [9.17, 15) is 9.59 Å². The molecule has 1 amide bonds. The van der Waals surface area contributed by atoms with Gasteiger partial charge in [0.15, 0.2) is 6.29 Å². The van der Waals surface area contributed by atoms with Crippen molar-refractivity contribution in [3.8, 4) is 11.1 Å². The largest absolute Gasteiger partial charge is 0.333 e. The summed E-state index contributed by atoms with van der Waals surface area (Å²) in [4.78, 5) is 38.7. The zero-order valence-electron chi connectivity index (χ0n) is 16.9. The third-order valence-electron chi connectivity index (χ3n) is 4.87. The summed E-state index contributed by atoms with van der Waals surface area (Å²) in [6.07, 6.45) is 4.21. The third kappa shape index (κ3) is 3.52. The Balaban J connectivity index is 0.00000117. The van der Waals surface area contributed by atoms with Crippen LogP contribution in [0, 0.1) is 6.92 Å². The van der Waals surface area contributed by atoms with Crippen molar-refractivity contribution in [1.82, 2.24) is 15.0 Å². The molecule has 0 saturated heterocycles. The summed E-state index contributed by atoms with van der Waals surface area (Å²) in [7, 11) is 1.50. The maximum atomic E-state index is 13.1. The number of rotatable bonds is 3. The lowest BCUT2D eigenvalue weighted by molar-refractivity contribution is -0.121. The van der Waals surface area contributed by atoms with Gasteiger partial charge < -0.3 is 5.73 Å². The molecule has 2 N–H and O–H groups in total. The van der Waals surface area contributed by atoms with Crippen LogP contribution in [0.2, 0.25) is 0 Å². The van der Waals surface area contributed by atoms with E-state index in [1.165, 1.54) is 7.05 Å². The third-order valence-corrected chi connectivity index (χ3v) is 4.87. The normalized spacial score (nSPS) is 14.1. The van der Waals surface area contributed by atoms with Gasteiger partial charge in [-0.25, -0.2) is 15.0 Å². The molecular weight excluding hydrogens is 366 g/mol. The van der Waals surface area contributed by atoms with E-state index in [4.69, 9.17) is 0 Å². The Bertz CT molecular complexity index is 1060. The fraction of sp³-hybridized carbons (Fsp3) is 0.227. The van der Waals surface area contributed by atoms with Gasteiger partial charge in [0.1, 0.15) is 17.3 Å². The topological polar surface area (TPSA) is 102 Å². The minimum absolute atomic E-state index is 0.0784. The number of carbonyl (C=O) groups is 2. The first-order valence-corrected chi connectivity index (χ1v) is 9.20. The average Bonchev–Trinajstić information content (AvgIpc) is 2.95. The van der Waals surface area contributed by atoms with Crippen LogP contribution >= 0.6 is 0 Å². The van der Waals surface area contributed by atoms with Gasteiger partial charge in [-0.3, -0.25) is 14.5 Å². The van der Waals surface area contributed by atoms with Crippen molar-refractivity contribution in [2.45, 2.75) is 26.2 Å². The van der Waals surface area contributed by atoms with E-state index in [0.29, 0.717) is 17.9 Å². The van der Waals surface area contributed by atoms with Gasteiger partial charge in [-0.1, -0.05) is 18.2 Å². The van der Waals surface area contributed by atoms with Crippen molar-refractivity contribution in [3.05, 3.63) is 65.9 Å². The summed E-state index contributed by atoms with van der Waals surface area (Å²) in [5, 5.41) is 0. The molecule has 0 saturated carbocycles. The first kappa shape index (κ1) is 20.3. The molecule has 29 heavy (non-hydrogen) atoms. The van der Waals surface area contributed by atoms with E-state index < -0.39 is 5.41 Å². The molecule has 0 unspecified atom stereocenters. The highest BCUT2D eigenvalue weighted by atomic mass is 16.2. The quantitative estimate of drug-likeness (QED) is 0.690. The predicted octanol–water partition coefficient (Wildman–Crippen LogP) is 3.19. The predicted molar refractivity (Wildman–Crippen MR) is 112 cm³/mol. The second-order valence-corrected chi connectivity index (χ2v) is 7.05. The molecule has 0 radical (unpaired) electrons. The Morgan fingerprint density at radius 3 is 2.38 bits per heavy atom. The first-order valence-electron chi connectivity index (χ1n) is 9.20. The monoisotopic (exact) mass is 389 g/mol. The minimum atomic E-state index is -0.684. The fourth-order valence-corrected chi connectivity index (χ4v) is 3.33. The molecule has 2 aromatic heterocycles. The maximum absolute atomic E-state index is 13.1. The molecule has 148 valence electrons. The molecule has 1 aliphatic heterocycles. The number of aryl methyl sites for hydroxylation is 1. The smallest absolute Gasteiger partial charge is 0.242 e. The summed E-state index contributed by atoms with van der Waals surface area (Å²) < 4.78 is 0. The van der Waals surface area contributed by atoms with Crippen molar-refractivity contribution in [1.29, 1.82) is 0 Å². The molecule has 0 fully saturated rings. The molecule has 7 nitrogen and oxygen atoms in total. The Kier molecular flexibility index (Phi) is 5.52. The van der Waals surface area contributed by atoms with E-state index in [1.54, 1.807) is 35.5 Å². The van der Waals surface area contributed by atoms with Crippen molar-refractivity contribution >= 4 is 23.7 Å². The molecule has 3 aromatic rings. The lowest BCUT2D eigenvalue weighted by Crippen LogP contribution is -2.33. The molecule has 3 heterocycles. The number of anilines is 2. The van der Waals surface area contributed by atoms with Gasteiger partial charge in [-0.2, -0.15) is 0 Å². The van der Waals surface area contributed by atoms with E-state index in [2.05, 4.69) is 20.7 Å². The van der Waals surface area contributed by atoms with Crippen molar-refractivity contribution in [2.24, 2.45) is 5.73 Å². The zero-order chi connectivity index (χ0) is 21.2. The fourth-order valence-electron chi connectivity index (χ4n) is 3.33. The second kappa shape index (κ2) is 7.89. The average molecular weight is 389 g/mol. The van der Waals surface area contributed by atoms with Crippen LogP contribution in [0.15, 0.2) is 48.8 Å². The number of nitrogens with two attached hydrogens (primary N) is 1. The first-order chi connectivity index (χ1) is 13.9. The summed E-state index contributed by atoms with van der Waals surface area (Å²) in [5.74, 6) is 1.06. The SMILES string of the molecule is CN.Cc1ncc(-c2ccc3c(c2)N(c2cccc(C=O)n2)C(=O)C3(C)C)cn1. The number of nitrogens with zero attached hydrogens (tertiary/aromatic N) is 4. The lowest BCUT2D eigenvalue weighted by atomic mass is 9.85. The highest BCUT2D eigenvalue weighted by molar-refractivity contribution is 6.12. The van der Waals surface area contributed by atoms with E-state index >= 15 is 0 Å². The van der Waals surface area contributed by atoms with Crippen molar-refractivity contribution < 1.29 is 9.59 Å². The van der Waals surface area contributed by atoms with Crippen LogP contribution < -0.4 is 10.6 Å². The van der Waals surface area contributed by atoms with Gasteiger partial charge in [0.05, 0.1) is 11.1 Å². The molecule has 0 bridgehead atoms. The van der Waals surface area contributed by atoms with Gasteiger partial charge in [-0.15, -0.1) is 0 Å². The number of carbonyl (C=O) groups excluding carboxylic acids is 2. The number of benzene rings is 1. The number of amides is 1. The van der Waals surface area contributed by atoms with Crippen molar-refractivity contribution in [3.63, 3.8) is 0 Å². The van der Waals surface area contributed by atoms with Crippen LogP contribution in [0.5, 0.6) is 0 Å². The number of hydrogen-bond acceptors (Lipinski definition) is 6. The molecular formula is C22H23N5O2. The summed E-state index contributed by atoms with van der Waals surface area (Å²) in [5.41, 5.74) is 7.57. The Morgan fingerprint density at radius 1 is 1.03 bits per heavy atom. The Morgan fingerprint density at radius 2 is 1.72 bits per heavy atom. The highest BCUT2D eigenvalue weighted by Crippen LogP contribution is 2.46. The van der Waals surface area contributed by atoms with E-state index in [0.717, 1.165) is 22.4 Å². The van der Waals surface area contributed by atoms with Gasteiger partial charge in [0.2, 0.25) is 5.91 Å². The molecule has 0 aliphatic carbocycles. The molecule has 7 heteroatoms. The minimum Gasteiger partial charge on any atom is -0.333 e. The summed E-state index contributed by atoms with van der Waals surface area (Å²) >= 11 is 0. The number of aromatic nitrogens is 3. The van der Waals surface area contributed by atoms with Crippen LogP contribution in [0.4, 0.5) is 11.5 Å². The number of pyridine rings is 1. The van der Waals surface area contributed by atoms with E-state index in [1.807, 2.05) is 39.0 Å². The van der Waals surface area contributed by atoms with Gasteiger partial charge in [-0.05, 0) is 57.1 Å². The van der Waals surface area contributed by atoms with Crippen LogP contribution in [0.1, 0.15) is 35.7 Å². The van der Waals surface area contributed by atoms with Crippen LogP contribution in [0.25, 0.3) is 11.1 Å². The standard InChI is InChI=1S/C21H18N4O2.CH5N/c1-13-22-10-15(11-23-13)14-7-8-17-18(9-14)25(20(27)21(17,2)3)19-6-4-5-16(12-26)24-19;1-2/h4-12H,1-3H3;2H2,1H3. The molecule has 1 aliphatic rings. The highest BCUT2D eigenvalue weighted by Gasteiger charge is 2.45. The van der Waals surface area contributed by atoms with Gasteiger partial charge >= 0.3 is 0 Å². The zero-order valence-corrected chi connectivity index (χ0v) is 16.9. The van der Waals surface area contributed by atoms with Gasteiger partial charge in [0, 0.05) is 18.0 Å². The number of hydrogen-bond donors (Lipinski definition) is 1. The van der Waals surface area contributed by atoms with E-state index in [-0.39, 0.29) is 11.6 Å². The van der Waals surface area contributed by atoms with Crippen LogP contribution in [-0.2, 0) is 10.2 Å². The molecule has 1 aromatic carbocycles.